The molecule has 0 aliphatic rings. The van der Waals surface area contributed by atoms with Gasteiger partial charge in [-0.25, -0.2) is 0 Å². The molecule has 0 aliphatic heterocycles. The molecule has 3 heteroatoms. The van der Waals surface area contributed by atoms with E-state index in [9.17, 15) is 9.90 Å². The maximum absolute atomic E-state index is 11.5. The Kier molecular flexibility index (Phi) is 15.7. The zero-order valence-electron chi connectivity index (χ0n) is 18.9. The molecule has 0 aromatic rings. The summed E-state index contributed by atoms with van der Waals surface area (Å²) in [5.41, 5.74) is 1.24. The fraction of sp³-hybridized carbons (Fsp3) is 0.875. The van der Waals surface area contributed by atoms with Crippen LogP contribution in [-0.2, 0) is 9.53 Å². The van der Waals surface area contributed by atoms with Crippen molar-refractivity contribution in [1.82, 2.24) is 0 Å². The van der Waals surface area contributed by atoms with Crippen molar-refractivity contribution in [2.75, 3.05) is 0 Å². The van der Waals surface area contributed by atoms with Crippen LogP contribution in [0.4, 0.5) is 0 Å². The Balaban J connectivity index is 3.76. The van der Waals surface area contributed by atoms with Crippen molar-refractivity contribution in [3.8, 4) is 0 Å². The van der Waals surface area contributed by atoms with E-state index in [-0.39, 0.29) is 12.4 Å². The molecule has 27 heavy (non-hydrogen) atoms. The lowest BCUT2D eigenvalue weighted by Gasteiger charge is -2.15. The Morgan fingerprint density at radius 3 is 1.96 bits per heavy atom. The highest BCUT2D eigenvalue weighted by molar-refractivity contribution is 5.71. The molecule has 3 nitrogen and oxygen atoms in total. The molecule has 0 aromatic carbocycles. The van der Waals surface area contributed by atoms with E-state index in [0.29, 0.717) is 6.42 Å². The minimum Gasteiger partial charge on any atom is -0.436 e. The van der Waals surface area contributed by atoms with Crippen molar-refractivity contribution in [3.63, 3.8) is 0 Å². The molecule has 0 rings (SSSR count). The quantitative estimate of drug-likeness (QED) is 0.177. The van der Waals surface area contributed by atoms with Crippen molar-refractivity contribution in [3.05, 3.63) is 11.6 Å². The van der Waals surface area contributed by atoms with Gasteiger partial charge < -0.3 is 9.84 Å². The molecule has 0 amide bonds. The zero-order chi connectivity index (χ0) is 20.7. The van der Waals surface area contributed by atoms with Gasteiger partial charge in [-0.3, -0.25) is 4.79 Å². The highest BCUT2D eigenvalue weighted by atomic mass is 16.6. The topological polar surface area (TPSA) is 46.5 Å². The molecule has 0 aliphatic carbocycles. The number of carbonyl (C=O) groups excluding carboxylic acids is 1. The van der Waals surface area contributed by atoms with Crippen molar-refractivity contribution in [1.29, 1.82) is 0 Å². The van der Waals surface area contributed by atoms with Gasteiger partial charge in [0.05, 0.1) is 6.42 Å². The number of allylic oxidation sites excluding steroid dienone is 1. The maximum Gasteiger partial charge on any atom is 0.311 e. The van der Waals surface area contributed by atoms with Crippen LogP contribution in [0.5, 0.6) is 0 Å². The number of rotatable bonds is 16. The van der Waals surface area contributed by atoms with E-state index in [1.165, 1.54) is 56.9 Å². The fourth-order valence-corrected chi connectivity index (χ4v) is 3.35. The van der Waals surface area contributed by atoms with Crippen LogP contribution in [0, 0.1) is 17.8 Å². The van der Waals surface area contributed by atoms with Gasteiger partial charge in [0.1, 0.15) is 0 Å². The lowest BCUT2D eigenvalue weighted by atomic mass is 9.91. The first-order valence-electron chi connectivity index (χ1n) is 11.3. The lowest BCUT2D eigenvalue weighted by molar-refractivity contribution is -0.166. The highest BCUT2D eigenvalue weighted by Gasteiger charge is 2.08. The van der Waals surface area contributed by atoms with Gasteiger partial charge in [0, 0.05) is 6.42 Å². The predicted molar refractivity (Wildman–Crippen MR) is 115 cm³/mol. The molecule has 1 N–H and O–H groups in total. The van der Waals surface area contributed by atoms with E-state index in [2.05, 4.69) is 34.6 Å². The van der Waals surface area contributed by atoms with Crippen LogP contribution in [0.25, 0.3) is 0 Å². The second-order valence-corrected chi connectivity index (χ2v) is 8.97. The minimum absolute atomic E-state index is 0.257. The monoisotopic (exact) mass is 382 g/mol. The van der Waals surface area contributed by atoms with Crippen molar-refractivity contribution >= 4 is 5.97 Å². The maximum atomic E-state index is 11.5. The molecule has 0 aromatic heterocycles. The van der Waals surface area contributed by atoms with Gasteiger partial charge in [-0.1, -0.05) is 91.2 Å². The molecule has 0 heterocycles. The SMILES string of the molecule is CCC(O)OC(=O)CC=C(C)CCCC(C)CCCC(C)CCCC(C)C. The Morgan fingerprint density at radius 1 is 0.926 bits per heavy atom. The van der Waals surface area contributed by atoms with Crippen LogP contribution >= 0.6 is 0 Å². The molecule has 0 radical (unpaired) electrons. The Labute approximate surface area is 169 Å². The molecular weight excluding hydrogens is 336 g/mol. The van der Waals surface area contributed by atoms with Gasteiger partial charge in [-0.2, -0.15) is 0 Å². The molecule has 0 spiro atoms. The molecule has 0 bridgehead atoms. The molecular formula is C24H46O3. The van der Waals surface area contributed by atoms with Crippen LogP contribution < -0.4 is 0 Å². The smallest absolute Gasteiger partial charge is 0.311 e. The lowest BCUT2D eigenvalue weighted by Crippen LogP contribution is -2.15. The third-order valence-electron chi connectivity index (χ3n) is 5.37. The van der Waals surface area contributed by atoms with Crippen LogP contribution in [0.3, 0.4) is 0 Å². The second kappa shape index (κ2) is 16.2. The number of ether oxygens (including phenoxy) is 1. The summed E-state index contributed by atoms with van der Waals surface area (Å²) >= 11 is 0. The molecule has 3 unspecified atom stereocenters. The molecule has 0 saturated carbocycles. The standard InChI is InChI=1S/C24H46O3/c1-7-23(25)27-24(26)18-17-22(6)16-10-15-21(5)14-9-13-20(4)12-8-11-19(2)3/h17,19-21,23,25H,7-16,18H2,1-6H3. The summed E-state index contributed by atoms with van der Waals surface area (Å²) in [6.45, 7) is 13.3. The summed E-state index contributed by atoms with van der Waals surface area (Å²) in [5, 5.41) is 9.30. The van der Waals surface area contributed by atoms with E-state index in [1.54, 1.807) is 6.92 Å². The number of aliphatic hydroxyl groups is 1. The minimum atomic E-state index is -0.968. The fourth-order valence-electron chi connectivity index (χ4n) is 3.35. The van der Waals surface area contributed by atoms with Gasteiger partial charge in [-0.05, 0) is 37.5 Å². The third kappa shape index (κ3) is 17.0. The van der Waals surface area contributed by atoms with Gasteiger partial charge >= 0.3 is 5.97 Å². The van der Waals surface area contributed by atoms with E-state index in [1.807, 2.05) is 6.08 Å². The van der Waals surface area contributed by atoms with E-state index in [0.717, 1.165) is 24.2 Å². The summed E-state index contributed by atoms with van der Waals surface area (Å²) in [6.07, 6.45) is 13.3. The van der Waals surface area contributed by atoms with Gasteiger partial charge in [0.15, 0.2) is 6.29 Å². The summed E-state index contributed by atoms with van der Waals surface area (Å²) in [6, 6.07) is 0. The summed E-state index contributed by atoms with van der Waals surface area (Å²) < 4.78 is 4.86. The summed E-state index contributed by atoms with van der Waals surface area (Å²) in [4.78, 5) is 11.5. The van der Waals surface area contributed by atoms with Crippen LogP contribution in [0.2, 0.25) is 0 Å². The number of aliphatic hydroxyl groups excluding tert-OH is 1. The number of carbonyl (C=O) groups is 1. The summed E-state index contributed by atoms with van der Waals surface area (Å²) in [5.74, 6) is 2.14. The van der Waals surface area contributed by atoms with Gasteiger partial charge in [0.25, 0.3) is 0 Å². The third-order valence-corrected chi connectivity index (χ3v) is 5.37. The first-order chi connectivity index (χ1) is 12.7. The normalized spacial score (nSPS) is 15.6. The molecule has 160 valence electrons. The van der Waals surface area contributed by atoms with Gasteiger partial charge in [-0.15, -0.1) is 0 Å². The first-order valence-corrected chi connectivity index (χ1v) is 11.3. The molecule has 0 saturated heterocycles. The summed E-state index contributed by atoms with van der Waals surface area (Å²) in [7, 11) is 0. The van der Waals surface area contributed by atoms with Crippen LogP contribution in [0.1, 0.15) is 112 Å². The average Bonchev–Trinajstić information content (AvgIpc) is 2.59. The van der Waals surface area contributed by atoms with E-state index in [4.69, 9.17) is 4.74 Å². The number of hydrogen-bond acceptors (Lipinski definition) is 3. The molecule has 3 atom stereocenters. The van der Waals surface area contributed by atoms with Crippen LogP contribution in [0.15, 0.2) is 11.6 Å². The van der Waals surface area contributed by atoms with E-state index < -0.39 is 6.29 Å². The van der Waals surface area contributed by atoms with Crippen molar-refractivity contribution < 1.29 is 14.6 Å². The number of esters is 1. The number of hydrogen-bond donors (Lipinski definition) is 1. The van der Waals surface area contributed by atoms with Crippen molar-refractivity contribution in [2.45, 2.75) is 118 Å². The Hall–Kier alpha value is -0.830. The second-order valence-electron chi connectivity index (χ2n) is 8.97. The Bertz CT molecular complexity index is 400. The highest BCUT2D eigenvalue weighted by Crippen LogP contribution is 2.22. The zero-order valence-corrected chi connectivity index (χ0v) is 18.9. The Morgan fingerprint density at radius 2 is 1.44 bits per heavy atom. The molecule has 0 fully saturated rings. The van der Waals surface area contributed by atoms with E-state index >= 15 is 0 Å². The predicted octanol–water partition coefficient (Wildman–Crippen LogP) is 7.03. The van der Waals surface area contributed by atoms with Gasteiger partial charge in [0.2, 0.25) is 0 Å². The largest absolute Gasteiger partial charge is 0.436 e. The van der Waals surface area contributed by atoms with Crippen molar-refractivity contribution in [2.24, 2.45) is 17.8 Å². The average molecular weight is 383 g/mol. The van der Waals surface area contributed by atoms with Crippen LogP contribution in [-0.4, -0.2) is 17.4 Å². The first kappa shape index (κ1) is 26.2.